The zero-order valence-corrected chi connectivity index (χ0v) is 12.5. The predicted octanol–water partition coefficient (Wildman–Crippen LogP) is 4.33. The maximum Gasteiger partial charge on any atom is 0.253 e. The van der Waals surface area contributed by atoms with Crippen LogP contribution in [0.1, 0.15) is 5.56 Å². The summed E-state index contributed by atoms with van der Waals surface area (Å²) in [5.74, 6) is 0.501. The third kappa shape index (κ3) is 3.09. The number of nitrogens with one attached hydrogen (secondary N) is 1. The van der Waals surface area contributed by atoms with Crippen LogP contribution in [0.2, 0.25) is 5.02 Å². The van der Waals surface area contributed by atoms with E-state index in [0.717, 1.165) is 11.3 Å². The highest BCUT2D eigenvalue weighted by atomic mass is 35.5. The van der Waals surface area contributed by atoms with Crippen LogP contribution < -0.4 is 0 Å². The zero-order valence-electron chi connectivity index (χ0n) is 10.9. The lowest BCUT2D eigenvalue weighted by molar-refractivity contribution is 1.03. The van der Waals surface area contributed by atoms with E-state index in [9.17, 15) is 0 Å². The van der Waals surface area contributed by atoms with Crippen LogP contribution in [0.25, 0.3) is 5.69 Å². The fourth-order valence-corrected chi connectivity index (χ4v) is 2.22. The molecule has 1 N–H and O–H groups in total. The number of hydrogen-bond acceptors (Lipinski definition) is 3. The van der Waals surface area contributed by atoms with Crippen molar-refractivity contribution in [3.63, 3.8) is 0 Å². The number of benzene rings is 2. The molecule has 0 atom stereocenters. The van der Waals surface area contributed by atoms with Gasteiger partial charge >= 0.3 is 0 Å². The standard InChI is InChI=1S/C15H11ClN4S/c16-12-8-6-11(7-9-12)10-17-14-18-19-15(21)20(14)13-4-2-1-3-5-13/h1-10H,(H,19,21)/b17-10+. The first-order chi connectivity index (χ1) is 10.2. The van der Waals surface area contributed by atoms with Gasteiger partial charge in [-0.2, -0.15) is 0 Å². The molecule has 21 heavy (non-hydrogen) atoms. The molecular formula is C15H11ClN4S. The fourth-order valence-electron chi connectivity index (χ4n) is 1.87. The summed E-state index contributed by atoms with van der Waals surface area (Å²) in [5, 5.41) is 7.60. The molecule has 0 amide bonds. The Labute approximate surface area is 131 Å². The maximum absolute atomic E-state index is 5.86. The van der Waals surface area contributed by atoms with E-state index in [0.29, 0.717) is 15.7 Å². The zero-order chi connectivity index (χ0) is 14.7. The minimum Gasteiger partial charge on any atom is -0.253 e. The van der Waals surface area contributed by atoms with Gasteiger partial charge in [0.15, 0.2) is 0 Å². The Bertz CT molecular complexity index is 819. The Kier molecular flexibility index (Phi) is 3.94. The van der Waals surface area contributed by atoms with Crippen LogP contribution >= 0.6 is 23.8 Å². The largest absolute Gasteiger partial charge is 0.253 e. The minimum absolute atomic E-state index is 0.501. The minimum atomic E-state index is 0.501. The van der Waals surface area contributed by atoms with E-state index in [4.69, 9.17) is 23.8 Å². The molecule has 2 aromatic carbocycles. The number of nitrogens with zero attached hydrogens (tertiary/aromatic N) is 3. The van der Waals surface area contributed by atoms with Crippen molar-refractivity contribution in [1.82, 2.24) is 14.8 Å². The summed E-state index contributed by atoms with van der Waals surface area (Å²) in [7, 11) is 0. The lowest BCUT2D eigenvalue weighted by Crippen LogP contribution is -1.93. The number of aromatic nitrogens is 3. The quantitative estimate of drug-likeness (QED) is 0.577. The third-order valence-corrected chi connectivity index (χ3v) is 3.39. The molecule has 6 heteroatoms. The van der Waals surface area contributed by atoms with Crippen LogP contribution in [0.15, 0.2) is 59.6 Å². The molecule has 0 aliphatic rings. The molecule has 0 spiro atoms. The Hall–Kier alpha value is -2.24. The molecule has 0 aliphatic carbocycles. The highest BCUT2D eigenvalue weighted by Crippen LogP contribution is 2.17. The fraction of sp³-hybridized carbons (Fsp3) is 0. The van der Waals surface area contributed by atoms with Crippen molar-refractivity contribution in [2.45, 2.75) is 0 Å². The molecule has 0 radical (unpaired) electrons. The number of para-hydroxylation sites is 1. The van der Waals surface area contributed by atoms with Gasteiger partial charge in [-0.1, -0.05) is 41.9 Å². The molecule has 4 nitrogen and oxygen atoms in total. The highest BCUT2D eigenvalue weighted by molar-refractivity contribution is 7.71. The van der Waals surface area contributed by atoms with Crippen molar-refractivity contribution >= 4 is 36.0 Å². The molecule has 104 valence electrons. The molecule has 0 bridgehead atoms. The Morgan fingerprint density at radius 2 is 1.81 bits per heavy atom. The molecule has 0 fully saturated rings. The van der Waals surface area contributed by atoms with E-state index in [1.807, 2.05) is 54.6 Å². The normalized spacial score (nSPS) is 11.1. The van der Waals surface area contributed by atoms with Crippen molar-refractivity contribution in [1.29, 1.82) is 0 Å². The number of hydrogen-bond donors (Lipinski definition) is 1. The van der Waals surface area contributed by atoms with Gasteiger partial charge in [-0.15, -0.1) is 5.10 Å². The van der Waals surface area contributed by atoms with Crippen molar-refractivity contribution in [3.05, 3.63) is 70.0 Å². The van der Waals surface area contributed by atoms with Crippen LogP contribution in [-0.4, -0.2) is 21.0 Å². The topological polar surface area (TPSA) is 46.0 Å². The van der Waals surface area contributed by atoms with Crippen LogP contribution in [-0.2, 0) is 0 Å². The van der Waals surface area contributed by atoms with Gasteiger partial charge in [0, 0.05) is 11.2 Å². The lowest BCUT2D eigenvalue weighted by atomic mass is 10.2. The SMILES string of the molecule is S=c1[nH]nc(/N=C/c2ccc(Cl)cc2)n1-c1ccccc1. The first kappa shape index (κ1) is 13.7. The average molecular weight is 315 g/mol. The van der Waals surface area contributed by atoms with Crippen molar-refractivity contribution in [2.24, 2.45) is 4.99 Å². The average Bonchev–Trinajstić information content (AvgIpc) is 2.88. The Balaban J connectivity index is 1.97. The van der Waals surface area contributed by atoms with Crippen LogP contribution in [0, 0.1) is 4.77 Å². The molecule has 0 saturated heterocycles. The second kappa shape index (κ2) is 6.03. The van der Waals surface area contributed by atoms with Crippen LogP contribution in [0.5, 0.6) is 0 Å². The summed E-state index contributed by atoms with van der Waals surface area (Å²) in [6, 6.07) is 17.1. The van der Waals surface area contributed by atoms with Gasteiger partial charge in [-0.25, -0.2) is 10.1 Å². The van der Waals surface area contributed by atoms with Gasteiger partial charge in [-0.05, 0) is 42.0 Å². The first-order valence-electron chi connectivity index (χ1n) is 6.26. The molecule has 1 heterocycles. The van der Waals surface area contributed by atoms with E-state index < -0.39 is 0 Å². The Morgan fingerprint density at radius 1 is 1.10 bits per heavy atom. The van der Waals surface area contributed by atoms with E-state index in [-0.39, 0.29) is 0 Å². The molecule has 0 aliphatic heterocycles. The number of rotatable bonds is 3. The summed E-state index contributed by atoms with van der Waals surface area (Å²) in [5.41, 5.74) is 1.85. The number of aromatic amines is 1. The molecule has 3 rings (SSSR count). The molecule has 0 saturated carbocycles. The molecular weight excluding hydrogens is 304 g/mol. The van der Waals surface area contributed by atoms with Gasteiger partial charge in [0.05, 0.1) is 5.69 Å². The lowest BCUT2D eigenvalue weighted by Gasteiger charge is -2.02. The summed E-state index contributed by atoms with van der Waals surface area (Å²) in [6.45, 7) is 0. The second-order valence-electron chi connectivity index (χ2n) is 4.31. The van der Waals surface area contributed by atoms with Crippen LogP contribution in [0.4, 0.5) is 5.95 Å². The monoisotopic (exact) mass is 314 g/mol. The van der Waals surface area contributed by atoms with Gasteiger partial charge in [0.1, 0.15) is 0 Å². The van der Waals surface area contributed by atoms with E-state index >= 15 is 0 Å². The number of halogens is 1. The smallest absolute Gasteiger partial charge is 0.253 e. The van der Waals surface area contributed by atoms with Crippen molar-refractivity contribution in [3.8, 4) is 5.69 Å². The van der Waals surface area contributed by atoms with Crippen molar-refractivity contribution in [2.75, 3.05) is 0 Å². The van der Waals surface area contributed by atoms with Gasteiger partial charge in [0.25, 0.3) is 5.95 Å². The van der Waals surface area contributed by atoms with Crippen LogP contribution in [0.3, 0.4) is 0 Å². The Morgan fingerprint density at radius 3 is 2.52 bits per heavy atom. The van der Waals surface area contributed by atoms with Gasteiger partial charge in [-0.3, -0.25) is 4.57 Å². The summed E-state index contributed by atoms with van der Waals surface area (Å²) >= 11 is 11.1. The van der Waals surface area contributed by atoms with E-state index in [2.05, 4.69) is 15.2 Å². The summed E-state index contributed by atoms with van der Waals surface area (Å²) in [4.78, 5) is 4.39. The first-order valence-corrected chi connectivity index (χ1v) is 7.05. The number of aliphatic imine (C=N–C) groups is 1. The van der Waals surface area contributed by atoms with Gasteiger partial charge in [0.2, 0.25) is 4.77 Å². The molecule has 3 aromatic rings. The maximum atomic E-state index is 5.86. The van der Waals surface area contributed by atoms with Gasteiger partial charge < -0.3 is 0 Å². The summed E-state index contributed by atoms with van der Waals surface area (Å²) < 4.78 is 2.28. The second-order valence-corrected chi connectivity index (χ2v) is 5.13. The number of H-pyrrole nitrogens is 1. The molecule has 0 unspecified atom stereocenters. The van der Waals surface area contributed by atoms with Crippen molar-refractivity contribution < 1.29 is 0 Å². The molecule has 1 aromatic heterocycles. The highest BCUT2D eigenvalue weighted by Gasteiger charge is 2.05. The van der Waals surface area contributed by atoms with E-state index in [1.54, 1.807) is 10.8 Å². The third-order valence-electron chi connectivity index (χ3n) is 2.87. The predicted molar refractivity (Wildman–Crippen MR) is 87.5 cm³/mol. The summed E-state index contributed by atoms with van der Waals surface area (Å²) in [6.07, 6.45) is 1.72. The van der Waals surface area contributed by atoms with E-state index in [1.165, 1.54) is 0 Å².